The second-order valence-electron chi connectivity index (χ2n) is 7.01. The van der Waals surface area contributed by atoms with Crippen LogP contribution >= 0.6 is 0 Å². The Morgan fingerprint density at radius 3 is 2.19 bits per heavy atom. The topological polar surface area (TPSA) is 81.4 Å². The maximum atomic E-state index is 12.4. The van der Waals surface area contributed by atoms with Gasteiger partial charge < -0.3 is 15.8 Å². The van der Waals surface area contributed by atoms with E-state index in [1.807, 2.05) is 54.6 Å². The van der Waals surface area contributed by atoms with Crippen LogP contribution in [0.15, 0.2) is 54.6 Å². The van der Waals surface area contributed by atoms with Gasteiger partial charge in [0, 0.05) is 38.2 Å². The Bertz CT molecular complexity index is 766. The molecule has 5 heteroatoms. The molecule has 0 spiro atoms. The number of nitrogens with two attached hydrogens (primary N) is 1. The molecular weight excluding hydrogens is 340 g/mol. The minimum atomic E-state index is -0.393. The lowest BCUT2D eigenvalue weighted by atomic mass is 9.90. The summed E-state index contributed by atoms with van der Waals surface area (Å²) in [5, 5.41) is 3.02. The fraction of sp³-hybridized carbons (Fsp3) is 0.364. The quantitative estimate of drug-likeness (QED) is 0.738. The Hall–Kier alpha value is -2.50. The number of benzene rings is 2. The average molecular weight is 366 g/mol. The van der Waals surface area contributed by atoms with Gasteiger partial charge in [0.2, 0.25) is 5.91 Å². The first-order valence-electron chi connectivity index (χ1n) is 9.39. The van der Waals surface area contributed by atoms with E-state index in [1.54, 1.807) is 0 Å². The maximum absolute atomic E-state index is 12.4. The summed E-state index contributed by atoms with van der Waals surface area (Å²) < 4.78 is 5.34. The molecule has 0 aliphatic carbocycles. The molecule has 0 aromatic heterocycles. The second-order valence-corrected chi connectivity index (χ2v) is 7.01. The van der Waals surface area contributed by atoms with Crippen molar-refractivity contribution in [3.63, 3.8) is 0 Å². The van der Waals surface area contributed by atoms with Crippen molar-refractivity contribution in [1.29, 1.82) is 0 Å². The van der Waals surface area contributed by atoms with Crippen molar-refractivity contribution >= 4 is 11.7 Å². The van der Waals surface area contributed by atoms with Gasteiger partial charge in [0.15, 0.2) is 5.78 Å². The molecule has 2 aromatic rings. The summed E-state index contributed by atoms with van der Waals surface area (Å²) in [4.78, 5) is 24.7. The van der Waals surface area contributed by atoms with Crippen molar-refractivity contribution in [3.05, 3.63) is 60.2 Å². The molecular formula is C22H26N2O3. The summed E-state index contributed by atoms with van der Waals surface area (Å²) in [6.45, 7) is 1.59. The average Bonchev–Trinajstić information content (AvgIpc) is 2.73. The van der Waals surface area contributed by atoms with E-state index in [4.69, 9.17) is 10.5 Å². The van der Waals surface area contributed by atoms with Crippen LogP contribution in [0.1, 0.15) is 36.0 Å². The fourth-order valence-electron chi connectivity index (χ4n) is 3.35. The normalized spacial score (nSPS) is 15.9. The number of amides is 1. The van der Waals surface area contributed by atoms with Gasteiger partial charge in [0.1, 0.15) is 0 Å². The van der Waals surface area contributed by atoms with E-state index in [9.17, 15) is 9.59 Å². The highest BCUT2D eigenvalue weighted by Gasteiger charge is 2.32. The number of ether oxygens (including phenoxy) is 1. The number of rotatable bonds is 7. The Kier molecular flexibility index (Phi) is 6.37. The van der Waals surface area contributed by atoms with Crippen LogP contribution in [0.4, 0.5) is 0 Å². The predicted molar refractivity (Wildman–Crippen MR) is 105 cm³/mol. The molecule has 2 aromatic carbocycles. The van der Waals surface area contributed by atoms with E-state index in [0.717, 1.165) is 11.1 Å². The van der Waals surface area contributed by atoms with Gasteiger partial charge in [-0.1, -0.05) is 54.6 Å². The first-order valence-corrected chi connectivity index (χ1v) is 9.39. The van der Waals surface area contributed by atoms with Crippen molar-refractivity contribution in [2.75, 3.05) is 19.8 Å². The molecule has 1 aliphatic rings. The smallest absolute Gasteiger partial charge is 0.220 e. The Labute approximate surface area is 159 Å². The molecule has 1 amide bonds. The van der Waals surface area contributed by atoms with Crippen molar-refractivity contribution in [2.24, 2.45) is 5.73 Å². The minimum absolute atomic E-state index is 0.0291. The standard InChI is InChI=1S/C22H26N2O3/c23-16-22(12-14-27-15-13-22)24-21(26)11-10-20(25)19-8-6-18(7-9-19)17-4-2-1-3-5-17/h1-9H,10-16,23H2,(H,24,26). The summed E-state index contributed by atoms with van der Waals surface area (Å²) in [6, 6.07) is 17.5. The SMILES string of the molecule is NCC1(NC(=O)CCC(=O)c2ccc(-c3ccccc3)cc2)CCOCC1. The van der Waals surface area contributed by atoms with E-state index in [0.29, 0.717) is 38.2 Å². The zero-order valence-corrected chi connectivity index (χ0v) is 15.4. The third kappa shape index (κ3) is 5.02. The summed E-state index contributed by atoms with van der Waals surface area (Å²) in [6.07, 6.45) is 1.78. The van der Waals surface area contributed by atoms with Gasteiger partial charge in [0.25, 0.3) is 0 Å². The number of carbonyl (C=O) groups excluding carboxylic acids is 2. The van der Waals surface area contributed by atoms with Gasteiger partial charge in [-0.05, 0) is 24.0 Å². The number of nitrogens with one attached hydrogen (secondary N) is 1. The minimum Gasteiger partial charge on any atom is -0.381 e. The van der Waals surface area contributed by atoms with Gasteiger partial charge >= 0.3 is 0 Å². The van der Waals surface area contributed by atoms with Gasteiger partial charge in [-0.15, -0.1) is 0 Å². The highest BCUT2D eigenvalue weighted by Crippen LogP contribution is 2.21. The Balaban J connectivity index is 1.53. The van der Waals surface area contributed by atoms with Crippen LogP contribution in [-0.2, 0) is 9.53 Å². The molecule has 1 fully saturated rings. The molecule has 0 saturated carbocycles. The molecule has 1 heterocycles. The summed E-state index contributed by atoms with van der Waals surface area (Å²) >= 11 is 0. The lowest BCUT2D eigenvalue weighted by molar-refractivity contribution is -0.124. The van der Waals surface area contributed by atoms with Crippen molar-refractivity contribution in [1.82, 2.24) is 5.32 Å². The summed E-state index contributed by atoms with van der Waals surface area (Å²) in [7, 11) is 0. The number of Topliss-reactive ketones (excluding diaryl/α,β-unsaturated/α-hetero) is 1. The zero-order valence-electron chi connectivity index (χ0n) is 15.4. The Morgan fingerprint density at radius 2 is 1.56 bits per heavy atom. The molecule has 1 saturated heterocycles. The van der Waals surface area contributed by atoms with E-state index in [1.165, 1.54) is 0 Å². The first kappa shape index (κ1) is 19.3. The molecule has 0 atom stereocenters. The van der Waals surface area contributed by atoms with E-state index in [2.05, 4.69) is 5.32 Å². The van der Waals surface area contributed by atoms with Gasteiger partial charge in [-0.2, -0.15) is 0 Å². The first-order chi connectivity index (χ1) is 13.1. The lowest BCUT2D eigenvalue weighted by Crippen LogP contribution is -2.56. The Morgan fingerprint density at radius 1 is 0.926 bits per heavy atom. The molecule has 0 radical (unpaired) electrons. The highest BCUT2D eigenvalue weighted by atomic mass is 16.5. The van der Waals surface area contributed by atoms with Crippen molar-refractivity contribution < 1.29 is 14.3 Å². The van der Waals surface area contributed by atoms with Crippen LogP contribution < -0.4 is 11.1 Å². The van der Waals surface area contributed by atoms with E-state index in [-0.39, 0.29) is 24.5 Å². The fourth-order valence-corrected chi connectivity index (χ4v) is 3.35. The third-order valence-electron chi connectivity index (χ3n) is 5.14. The summed E-state index contributed by atoms with van der Waals surface area (Å²) in [5.41, 5.74) is 8.27. The summed E-state index contributed by atoms with van der Waals surface area (Å²) in [5.74, 6) is -0.157. The van der Waals surface area contributed by atoms with Gasteiger partial charge in [0.05, 0.1) is 5.54 Å². The molecule has 0 unspecified atom stereocenters. The monoisotopic (exact) mass is 366 g/mol. The van der Waals surface area contributed by atoms with Crippen molar-refractivity contribution in [3.8, 4) is 11.1 Å². The predicted octanol–water partition coefficient (Wildman–Crippen LogP) is 2.94. The van der Waals surface area contributed by atoms with Crippen LogP contribution in [0.25, 0.3) is 11.1 Å². The number of hydrogen-bond acceptors (Lipinski definition) is 4. The van der Waals surface area contributed by atoms with Crippen LogP contribution in [0.2, 0.25) is 0 Å². The largest absolute Gasteiger partial charge is 0.381 e. The van der Waals surface area contributed by atoms with Crippen LogP contribution in [0, 0.1) is 0 Å². The molecule has 3 rings (SSSR count). The molecule has 27 heavy (non-hydrogen) atoms. The molecule has 1 aliphatic heterocycles. The third-order valence-corrected chi connectivity index (χ3v) is 5.14. The van der Waals surface area contributed by atoms with E-state index < -0.39 is 5.54 Å². The van der Waals surface area contributed by atoms with Gasteiger partial charge in [-0.3, -0.25) is 9.59 Å². The van der Waals surface area contributed by atoms with Crippen LogP contribution in [0.3, 0.4) is 0 Å². The second kappa shape index (κ2) is 8.93. The number of carbonyl (C=O) groups is 2. The molecule has 3 N–H and O–H groups in total. The van der Waals surface area contributed by atoms with Crippen LogP contribution in [0.5, 0.6) is 0 Å². The molecule has 142 valence electrons. The van der Waals surface area contributed by atoms with E-state index >= 15 is 0 Å². The maximum Gasteiger partial charge on any atom is 0.220 e. The number of ketones is 1. The zero-order chi connectivity index (χ0) is 19.1. The van der Waals surface area contributed by atoms with Gasteiger partial charge in [-0.25, -0.2) is 0 Å². The lowest BCUT2D eigenvalue weighted by Gasteiger charge is -2.37. The highest BCUT2D eigenvalue weighted by molar-refractivity contribution is 5.98. The van der Waals surface area contributed by atoms with Crippen LogP contribution in [-0.4, -0.2) is 37.0 Å². The number of hydrogen-bond donors (Lipinski definition) is 2. The molecule has 5 nitrogen and oxygen atoms in total. The molecule has 0 bridgehead atoms. The van der Waals surface area contributed by atoms with Crippen molar-refractivity contribution in [2.45, 2.75) is 31.2 Å².